The summed E-state index contributed by atoms with van der Waals surface area (Å²) < 4.78 is 46.3. The molecule has 1 amide bonds. The van der Waals surface area contributed by atoms with E-state index in [0.29, 0.717) is 30.9 Å². The average molecular weight is 508 g/mol. The zero-order chi connectivity index (χ0) is 25.8. The minimum atomic E-state index is -0.819. The minimum Gasteiger partial charge on any atom is -0.351 e. The van der Waals surface area contributed by atoms with E-state index in [1.807, 2.05) is 4.90 Å². The molecule has 0 unspecified atom stereocenters. The number of hydrogen-bond donors (Lipinski definition) is 2. The van der Waals surface area contributed by atoms with E-state index in [0.717, 1.165) is 16.3 Å². The molecule has 4 aromatic heterocycles. The van der Waals surface area contributed by atoms with Gasteiger partial charge in [-0.15, -0.1) is 0 Å². The number of carbonyl (C=O) groups excluding carboxylic acids is 1. The van der Waals surface area contributed by atoms with E-state index in [1.165, 1.54) is 16.8 Å². The van der Waals surface area contributed by atoms with Crippen LogP contribution in [0.1, 0.15) is 34.2 Å². The van der Waals surface area contributed by atoms with Crippen molar-refractivity contribution in [1.82, 2.24) is 39.6 Å². The first-order valence-corrected chi connectivity index (χ1v) is 11.5. The Morgan fingerprint density at radius 1 is 1.16 bits per heavy atom. The second-order valence-electron chi connectivity index (χ2n) is 8.70. The zero-order valence-electron chi connectivity index (χ0n) is 19.4. The molecule has 1 aromatic carbocycles. The SMILES string of the molecule is CCNC(=O)c1ccc(-n2cc3c(n2)CN(Cc2ccc4c([nH]c(=O)c5c(F)cnn54)c2F)C3)c(F)n1. The Morgan fingerprint density at radius 3 is 2.76 bits per heavy atom. The highest BCUT2D eigenvalue weighted by Gasteiger charge is 2.26. The van der Waals surface area contributed by atoms with Crippen molar-refractivity contribution in [1.29, 1.82) is 0 Å². The van der Waals surface area contributed by atoms with Crippen LogP contribution in [0.4, 0.5) is 13.2 Å². The smallest absolute Gasteiger partial charge is 0.277 e. The summed E-state index contributed by atoms with van der Waals surface area (Å²) in [6.45, 7) is 3.22. The standard InChI is InChI=1S/C24H19F3N8O2/c1-2-28-23(36)15-4-6-18(22(27)30-15)34-10-13-9-33(11-16(13)32-34)8-12-3-5-17-20(19(12)26)31-24(37)21-14(25)7-29-35(17)21/h3-7,10H,2,8-9,11H2,1H3,(H,28,36)(H,31,37). The van der Waals surface area contributed by atoms with Gasteiger partial charge in [0.25, 0.3) is 11.5 Å². The molecule has 6 rings (SSSR count). The average Bonchev–Trinajstić information content (AvgIpc) is 3.55. The van der Waals surface area contributed by atoms with Crippen LogP contribution in [-0.4, -0.2) is 46.7 Å². The number of halogens is 3. The van der Waals surface area contributed by atoms with E-state index in [-0.39, 0.29) is 34.5 Å². The Morgan fingerprint density at radius 2 is 2.00 bits per heavy atom. The van der Waals surface area contributed by atoms with Crippen LogP contribution in [0.3, 0.4) is 0 Å². The van der Waals surface area contributed by atoms with Crippen molar-refractivity contribution in [3.05, 3.63) is 87.1 Å². The number of amides is 1. The van der Waals surface area contributed by atoms with Gasteiger partial charge in [-0.3, -0.25) is 14.5 Å². The van der Waals surface area contributed by atoms with E-state index in [9.17, 15) is 18.4 Å². The van der Waals surface area contributed by atoms with E-state index in [2.05, 4.69) is 25.5 Å². The number of nitrogens with one attached hydrogen (secondary N) is 2. The summed E-state index contributed by atoms with van der Waals surface area (Å²) >= 11 is 0. The molecule has 0 fully saturated rings. The predicted molar refractivity (Wildman–Crippen MR) is 126 cm³/mol. The van der Waals surface area contributed by atoms with Gasteiger partial charge in [-0.05, 0) is 25.1 Å². The molecule has 5 aromatic rings. The first-order chi connectivity index (χ1) is 17.8. The largest absolute Gasteiger partial charge is 0.351 e. The summed E-state index contributed by atoms with van der Waals surface area (Å²) in [5.74, 6) is -2.69. The van der Waals surface area contributed by atoms with Crippen LogP contribution in [0, 0.1) is 17.6 Å². The Bertz CT molecular complexity index is 1750. The van der Waals surface area contributed by atoms with Gasteiger partial charge in [-0.25, -0.2) is 23.0 Å². The van der Waals surface area contributed by atoms with E-state index in [4.69, 9.17) is 0 Å². The number of H-pyrrole nitrogens is 1. The number of fused-ring (bicyclic) bond motifs is 4. The summed E-state index contributed by atoms with van der Waals surface area (Å²) in [6, 6.07) is 6.03. The van der Waals surface area contributed by atoms with Crippen molar-refractivity contribution in [2.45, 2.75) is 26.6 Å². The van der Waals surface area contributed by atoms with Crippen molar-refractivity contribution in [2.75, 3.05) is 6.54 Å². The van der Waals surface area contributed by atoms with Crippen molar-refractivity contribution < 1.29 is 18.0 Å². The predicted octanol–water partition coefficient (Wildman–Crippen LogP) is 2.44. The van der Waals surface area contributed by atoms with Gasteiger partial charge in [0, 0.05) is 43.5 Å². The fourth-order valence-electron chi connectivity index (χ4n) is 4.59. The third kappa shape index (κ3) is 3.74. The Balaban J connectivity index is 1.23. The molecule has 0 radical (unpaired) electrons. The number of rotatable bonds is 5. The Kier molecular flexibility index (Phi) is 5.30. The molecule has 5 heterocycles. The lowest BCUT2D eigenvalue weighted by atomic mass is 10.1. The Labute approximate surface area is 206 Å². The first kappa shape index (κ1) is 22.9. The van der Waals surface area contributed by atoms with E-state index >= 15 is 4.39 Å². The van der Waals surface area contributed by atoms with Crippen molar-refractivity contribution in [3.63, 3.8) is 0 Å². The number of pyridine rings is 1. The molecule has 0 atom stereocenters. The van der Waals surface area contributed by atoms with Crippen LogP contribution in [0.25, 0.3) is 22.2 Å². The molecule has 0 saturated carbocycles. The fourth-order valence-corrected chi connectivity index (χ4v) is 4.59. The van der Waals surface area contributed by atoms with E-state index < -0.39 is 29.0 Å². The topological polar surface area (TPSA) is 113 Å². The lowest BCUT2D eigenvalue weighted by Gasteiger charge is -2.16. The minimum absolute atomic E-state index is 0.0221. The highest BCUT2D eigenvalue weighted by Crippen LogP contribution is 2.27. The molecule has 10 nitrogen and oxygen atoms in total. The number of hydrogen-bond acceptors (Lipinski definition) is 6. The number of aromatic nitrogens is 6. The molecule has 188 valence electrons. The van der Waals surface area contributed by atoms with Crippen LogP contribution in [0.15, 0.2) is 41.5 Å². The third-order valence-corrected chi connectivity index (χ3v) is 6.29. The second kappa shape index (κ2) is 8.55. The maximum absolute atomic E-state index is 15.3. The van der Waals surface area contributed by atoms with Gasteiger partial charge >= 0.3 is 0 Å². The molecule has 0 bridgehead atoms. The fraction of sp³-hybridized carbons (Fsp3) is 0.208. The summed E-state index contributed by atoms with van der Waals surface area (Å²) in [6.07, 6.45) is 2.59. The quantitative estimate of drug-likeness (QED) is 0.353. The van der Waals surface area contributed by atoms with Crippen molar-refractivity contribution >= 4 is 22.5 Å². The molecule has 0 spiro atoms. The summed E-state index contributed by atoms with van der Waals surface area (Å²) in [4.78, 5) is 32.2. The number of nitrogens with zero attached hydrogens (tertiary/aromatic N) is 6. The molecule has 2 N–H and O–H groups in total. The summed E-state index contributed by atoms with van der Waals surface area (Å²) in [5.41, 5.74) is 1.12. The lowest BCUT2D eigenvalue weighted by molar-refractivity contribution is 0.0949. The number of carbonyl (C=O) groups is 1. The van der Waals surface area contributed by atoms with Gasteiger partial charge in [-0.2, -0.15) is 14.6 Å². The molecule has 13 heteroatoms. The van der Waals surface area contributed by atoms with Gasteiger partial charge in [0.05, 0.1) is 17.4 Å². The monoisotopic (exact) mass is 508 g/mol. The molecule has 0 aliphatic carbocycles. The maximum Gasteiger partial charge on any atom is 0.277 e. The van der Waals surface area contributed by atoms with Gasteiger partial charge in [-0.1, -0.05) is 6.07 Å². The van der Waals surface area contributed by atoms with Crippen LogP contribution >= 0.6 is 0 Å². The molecule has 37 heavy (non-hydrogen) atoms. The number of aromatic amines is 1. The normalized spacial score (nSPS) is 13.5. The summed E-state index contributed by atoms with van der Waals surface area (Å²) in [7, 11) is 0. The van der Waals surface area contributed by atoms with Gasteiger partial charge < -0.3 is 10.3 Å². The molecular weight excluding hydrogens is 489 g/mol. The van der Waals surface area contributed by atoms with Crippen molar-refractivity contribution in [2.24, 2.45) is 0 Å². The van der Waals surface area contributed by atoms with Crippen LogP contribution in [-0.2, 0) is 19.6 Å². The molecule has 1 aliphatic rings. The highest BCUT2D eigenvalue weighted by atomic mass is 19.1. The Hall–Kier alpha value is -4.52. The maximum atomic E-state index is 15.3. The molecular formula is C24H19F3N8O2. The van der Waals surface area contributed by atoms with Gasteiger partial charge in [0.1, 0.15) is 16.9 Å². The third-order valence-electron chi connectivity index (χ3n) is 6.29. The highest BCUT2D eigenvalue weighted by molar-refractivity contribution is 5.92. The van der Waals surface area contributed by atoms with Gasteiger partial charge in [0.2, 0.25) is 5.95 Å². The summed E-state index contributed by atoms with van der Waals surface area (Å²) in [5, 5.41) is 10.9. The molecule has 1 aliphatic heterocycles. The second-order valence-corrected chi connectivity index (χ2v) is 8.70. The van der Waals surface area contributed by atoms with E-state index in [1.54, 1.807) is 25.3 Å². The number of benzene rings is 1. The van der Waals surface area contributed by atoms with Crippen LogP contribution in [0.5, 0.6) is 0 Å². The van der Waals surface area contributed by atoms with Gasteiger partial charge in [0.15, 0.2) is 17.2 Å². The molecule has 0 saturated heterocycles. The van der Waals surface area contributed by atoms with Crippen LogP contribution in [0.2, 0.25) is 0 Å². The lowest BCUT2D eigenvalue weighted by Crippen LogP contribution is -2.24. The first-order valence-electron chi connectivity index (χ1n) is 11.5. The van der Waals surface area contributed by atoms with Crippen molar-refractivity contribution in [3.8, 4) is 5.69 Å². The zero-order valence-corrected chi connectivity index (χ0v) is 19.4. The van der Waals surface area contributed by atoms with Crippen LogP contribution < -0.4 is 10.9 Å².